The Morgan fingerprint density at radius 2 is 1.88 bits per heavy atom. The highest BCUT2D eigenvalue weighted by atomic mass is 16.5. The molecule has 0 aliphatic carbocycles. The van der Waals surface area contributed by atoms with Crippen LogP contribution in [0.4, 0.5) is 0 Å². The number of methoxy groups -OCH3 is 1. The molecule has 1 heterocycles. The molecule has 0 radical (unpaired) electrons. The molecule has 25 heavy (non-hydrogen) atoms. The molecule has 0 unspecified atom stereocenters. The van der Waals surface area contributed by atoms with Gasteiger partial charge in [-0.3, -0.25) is 9.59 Å². The van der Waals surface area contributed by atoms with E-state index in [-0.39, 0.29) is 12.3 Å². The van der Waals surface area contributed by atoms with E-state index in [1.807, 2.05) is 42.5 Å². The Hall–Kier alpha value is -3.28. The summed E-state index contributed by atoms with van der Waals surface area (Å²) in [6, 6.07) is 14.9. The van der Waals surface area contributed by atoms with Crippen LogP contribution in [0.25, 0.3) is 22.1 Å². The van der Waals surface area contributed by atoms with E-state index < -0.39 is 11.8 Å². The van der Waals surface area contributed by atoms with Crippen molar-refractivity contribution in [3.63, 3.8) is 0 Å². The van der Waals surface area contributed by atoms with Crippen molar-refractivity contribution < 1.29 is 18.7 Å². The van der Waals surface area contributed by atoms with Crippen LogP contribution >= 0.6 is 0 Å². The van der Waals surface area contributed by atoms with E-state index in [4.69, 9.17) is 14.9 Å². The summed E-state index contributed by atoms with van der Waals surface area (Å²) in [7, 11) is 3.07. The fourth-order valence-electron chi connectivity index (χ4n) is 2.72. The first-order valence-electron chi connectivity index (χ1n) is 7.71. The average molecular weight is 338 g/mol. The summed E-state index contributed by atoms with van der Waals surface area (Å²) in [5.74, 6) is -0.203. The van der Waals surface area contributed by atoms with Crippen molar-refractivity contribution in [2.24, 2.45) is 5.73 Å². The molecule has 2 aromatic carbocycles. The summed E-state index contributed by atoms with van der Waals surface area (Å²) in [6.45, 7) is -0.187. The predicted molar refractivity (Wildman–Crippen MR) is 94.4 cm³/mol. The van der Waals surface area contributed by atoms with E-state index in [0.29, 0.717) is 16.9 Å². The molecule has 0 bridgehead atoms. The molecule has 0 fully saturated rings. The van der Waals surface area contributed by atoms with Crippen molar-refractivity contribution in [2.45, 2.75) is 0 Å². The smallest absolute Gasteiger partial charge is 0.290 e. The lowest BCUT2D eigenvalue weighted by Gasteiger charge is -2.14. The zero-order valence-corrected chi connectivity index (χ0v) is 14.0. The lowest BCUT2D eigenvalue weighted by atomic mass is 10.0. The van der Waals surface area contributed by atoms with Gasteiger partial charge in [0.05, 0.1) is 13.7 Å². The minimum atomic E-state index is -0.588. The number of rotatable bonds is 5. The molecule has 3 rings (SSSR count). The second kappa shape index (κ2) is 6.68. The molecule has 0 spiro atoms. The monoisotopic (exact) mass is 338 g/mol. The molecule has 128 valence electrons. The number of carbonyl (C=O) groups excluding carboxylic acids is 2. The molecular weight excluding hydrogens is 320 g/mol. The highest BCUT2D eigenvalue weighted by molar-refractivity contribution is 6.08. The lowest BCUT2D eigenvalue weighted by Crippen LogP contribution is -2.35. The number of primary amides is 1. The molecule has 6 nitrogen and oxygen atoms in total. The Morgan fingerprint density at radius 3 is 2.52 bits per heavy atom. The highest BCUT2D eigenvalue weighted by Gasteiger charge is 2.25. The zero-order chi connectivity index (χ0) is 18.0. The quantitative estimate of drug-likeness (QED) is 0.775. The molecule has 0 saturated carbocycles. The lowest BCUT2D eigenvalue weighted by molar-refractivity contribution is -0.118. The molecule has 2 amide bonds. The van der Waals surface area contributed by atoms with E-state index in [1.54, 1.807) is 13.2 Å². The minimum Gasteiger partial charge on any atom is -0.497 e. The molecule has 0 aliphatic heterocycles. The Labute approximate surface area is 144 Å². The first-order valence-corrected chi connectivity index (χ1v) is 7.71. The van der Waals surface area contributed by atoms with Crippen LogP contribution in [0, 0.1) is 0 Å². The maximum absolute atomic E-state index is 12.8. The first-order chi connectivity index (χ1) is 12.0. The van der Waals surface area contributed by atoms with Crippen LogP contribution in [0.5, 0.6) is 5.75 Å². The second-order valence-corrected chi connectivity index (χ2v) is 5.66. The van der Waals surface area contributed by atoms with Crippen LogP contribution in [0.1, 0.15) is 10.6 Å². The number of carbonyl (C=O) groups is 2. The van der Waals surface area contributed by atoms with Crippen molar-refractivity contribution in [1.82, 2.24) is 4.90 Å². The normalized spacial score (nSPS) is 10.6. The summed E-state index contributed by atoms with van der Waals surface area (Å²) >= 11 is 0. The minimum absolute atomic E-state index is 0.165. The summed E-state index contributed by atoms with van der Waals surface area (Å²) in [4.78, 5) is 25.2. The summed E-state index contributed by atoms with van der Waals surface area (Å²) in [5.41, 5.74) is 7.26. The fourth-order valence-corrected chi connectivity index (χ4v) is 2.72. The van der Waals surface area contributed by atoms with Gasteiger partial charge in [-0.15, -0.1) is 0 Å². The number of amides is 2. The molecular formula is C19H18N2O4. The number of hydrogen-bond acceptors (Lipinski definition) is 4. The number of fused-ring (bicyclic) bond motifs is 1. The van der Waals surface area contributed by atoms with Gasteiger partial charge in [0.25, 0.3) is 5.91 Å². The number of hydrogen-bond donors (Lipinski definition) is 1. The number of likely N-dealkylation sites (N-methyl/N-ethyl adjacent to an activating group) is 1. The molecule has 0 aliphatic rings. The van der Waals surface area contributed by atoms with Crippen LogP contribution < -0.4 is 10.5 Å². The van der Waals surface area contributed by atoms with Crippen molar-refractivity contribution in [3.8, 4) is 16.9 Å². The Bertz CT molecular complexity index is 931. The van der Waals surface area contributed by atoms with Crippen molar-refractivity contribution >= 4 is 22.8 Å². The topological polar surface area (TPSA) is 85.8 Å². The zero-order valence-electron chi connectivity index (χ0n) is 14.0. The molecule has 2 N–H and O–H groups in total. The Kier molecular flexibility index (Phi) is 4.43. The fraction of sp³-hybridized carbons (Fsp3) is 0.158. The number of nitrogens with two attached hydrogens (primary N) is 1. The number of furan rings is 1. The maximum Gasteiger partial charge on any atom is 0.290 e. The van der Waals surface area contributed by atoms with Crippen LogP contribution in [0.15, 0.2) is 52.9 Å². The van der Waals surface area contributed by atoms with Gasteiger partial charge in [0.15, 0.2) is 0 Å². The van der Waals surface area contributed by atoms with Gasteiger partial charge in [-0.2, -0.15) is 0 Å². The maximum atomic E-state index is 12.8. The third kappa shape index (κ3) is 3.19. The van der Waals surface area contributed by atoms with E-state index in [1.165, 1.54) is 11.9 Å². The third-order valence-corrected chi connectivity index (χ3v) is 3.89. The molecule has 0 saturated heterocycles. The van der Waals surface area contributed by atoms with Gasteiger partial charge in [0.1, 0.15) is 11.3 Å². The Balaban J connectivity index is 2.19. The third-order valence-electron chi connectivity index (χ3n) is 3.89. The predicted octanol–water partition coefficient (Wildman–Crippen LogP) is 2.67. The standard InChI is InChI=1S/C19H18N2O4/c1-21(11-16(20)22)19(23)18-17(12-6-4-3-5-7-12)14-9-8-13(24-2)10-15(14)25-18/h3-10H,11H2,1-2H3,(H2,20,22). The first kappa shape index (κ1) is 16.6. The molecule has 0 atom stereocenters. The van der Waals surface area contributed by atoms with Gasteiger partial charge in [0, 0.05) is 24.1 Å². The van der Waals surface area contributed by atoms with Crippen molar-refractivity contribution in [1.29, 1.82) is 0 Å². The molecule has 6 heteroatoms. The van der Waals surface area contributed by atoms with Crippen molar-refractivity contribution in [2.75, 3.05) is 20.7 Å². The summed E-state index contributed by atoms with van der Waals surface area (Å²) in [6.07, 6.45) is 0. The highest BCUT2D eigenvalue weighted by Crippen LogP contribution is 2.37. The van der Waals surface area contributed by atoms with Crippen LogP contribution in [-0.4, -0.2) is 37.4 Å². The second-order valence-electron chi connectivity index (χ2n) is 5.66. The van der Waals surface area contributed by atoms with E-state index >= 15 is 0 Å². The van der Waals surface area contributed by atoms with Gasteiger partial charge >= 0.3 is 0 Å². The van der Waals surface area contributed by atoms with Gasteiger partial charge in [-0.1, -0.05) is 30.3 Å². The number of ether oxygens (including phenoxy) is 1. The van der Waals surface area contributed by atoms with Gasteiger partial charge in [-0.25, -0.2) is 0 Å². The average Bonchev–Trinajstić information content (AvgIpc) is 2.99. The molecule has 1 aromatic heterocycles. The van der Waals surface area contributed by atoms with Crippen LogP contribution in [0.3, 0.4) is 0 Å². The van der Waals surface area contributed by atoms with E-state index in [9.17, 15) is 9.59 Å². The van der Waals surface area contributed by atoms with E-state index in [0.717, 1.165) is 10.9 Å². The molecule has 3 aromatic rings. The van der Waals surface area contributed by atoms with Crippen LogP contribution in [-0.2, 0) is 4.79 Å². The largest absolute Gasteiger partial charge is 0.497 e. The Morgan fingerprint density at radius 1 is 1.16 bits per heavy atom. The van der Waals surface area contributed by atoms with Gasteiger partial charge < -0.3 is 19.8 Å². The summed E-state index contributed by atoms with van der Waals surface area (Å²) < 4.78 is 11.1. The number of nitrogens with zero attached hydrogens (tertiary/aromatic N) is 1. The van der Waals surface area contributed by atoms with Gasteiger partial charge in [-0.05, 0) is 17.7 Å². The van der Waals surface area contributed by atoms with E-state index in [2.05, 4.69) is 0 Å². The number of benzene rings is 2. The van der Waals surface area contributed by atoms with Crippen molar-refractivity contribution in [3.05, 3.63) is 54.3 Å². The van der Waals surface area contributed by atoms with Gasteiger partial charge in [0.2, 0.25) is 11.7 Å². The van der Waals surface area contributed by atoms with Crippen LogP contribution in [0.2, 0.25) is 0 Å². The SMILES string of the molecule is COc1ccc2c(-c3ccccc3)c(C(=O)N(C)CC(N)=O)oc2c1. The summed E-state index contributed by atoms with van der Waals surface area (Å²) in [5, 5.41) is 0.794.